The smallest absolute Gasteiger partial charge is 0.337 e. The van der Waals surface area contributed by atoms with E-state index < -0.39 is 0 Å². The molecule has 0 aliphatic carbocycles. The minimum atomic E-state index is -0.358. The predicted molar refractivity (Wildman–Crippen MR) is 148 cm³/mol. The van der Waals surface area contributed by atoms with Gasteiger partial charge in [0, 0.05) is 39.0 Å². The highest BCUT2D eigenvalue weighted by molar-refractivity contribution is 6.08. The minimum Gasteiger partial charge on any atom is -0.465 e. The second-order valence-electron chi connectivity index (χ2n) is 10.3. The summed E-state index contributed by atoms with van der Waals surface area (Å²) in [5.41, 5.74) is 5.63. The summed E-state index contributed by atoms with van der Waals surface area (Å²) in [7, 11) is 5.03. The Labute approximate surface area is 227 Å². The normalized spacial score (nSPS) is 20.6. The van der Waals surface area contributed by atoms with Gasteiger partial charge in [0.15, 0.2) is 0 Å². The average molecular weight is 528 g/mol. The van der Waals surface area contributed by atoms with Crippen molar-refractivity contribution in [1.29, 1.82) is 0 Å². The molecule has 4 heterocycles. The quantitative estimate of drug-likeness (QED) is 0.301. The van der Waals surface area contributed by atoms with Gasteiger partial charge in [-0.2, -0.15) is 5.11 Å². The number of esters is 1. The molecule has 4 aromatic rings. The molecule has 0 N–H and O–H groups in total. The van der Waals surface area contributed by atoms with E-state index in [0.29, 0.717) is 18.1 Å². The van der Waals surface area contributed by atoms with Crippen LogP contribution < -0.4 is 0 Å². The molecule has 0 spiro atoms. The van der Waals surface area contributed by atoms with Crippen LogP contribution in [0.2, 0.25) is 0 Å². The molecule has 2 aromatic carbocycles. The van der Waals surface area contributed by atoms with E-state index in [-0.39, 0.29) is 24.1 Å². The van der Waals surface area contributed by atoms with Gasteiger partial charge in [-0.25, -0.2) is 4.79 Å². The number of carbonyl (C=O) groups excluding carboxylic acids is 1. The molecular formula is C30H33N5O4. The second-order valence-corrected chi connectivity index (χ2v) is 10.3. The molecule has 0 amide bonds. The molecule has 0 saturated carbocycles. The molecule has 1 fully saturated rings. The Morgan fingerprint density at radius 1 is 1.08 bits per heavy atom. The van der Waals surface area contributed by atoms with Crippen molar-refractivity contribution in [2.45, 2.75) is 31.0 Å². The first-order chi connectivity index (χ1) is 19.1. The maximum atomic E-state index is 12.6. The first-order valence-corrected chi connectivity index (χ1v) is 13.4. The van der Waals surface area contributed by atoms with Crippen molar-refractivity contribution in [3.05, 3.63) is 77.5 Å². The number of aromatic nitrogens is 2. The second kappa shape index (κ2) is 10.7. The SMILES string of the molecule is COC[C@H]1N=NN(C)[C@H]1c1cnc2c3ccc(C(=O)OC)cc3n([C@H](c3ccccc3)C3CCOCC3)c2c1. The predicted octanol–water partition coefficient (Wildman–Crippen LogP) is 5.36. The van der Waals surface area contributed by atoms with Gasteiger partial charge in [0.1, 0.15) is 12.1 Å². The Morgan fingerprint density at radius 3 is 2.62 bits per heavy atom. The summed E-state index contributed by atoms with van der Waals surface area (Å²) in [6, 6.07) is 18.4. The highest BCUT2D eigenvalue weighted by Crippen LogP contribution is 2.42. The lowest BCUT2D eigenvalue weighted by Crippen LogP contribution is -2.28. The molecule has 39 heavy (non-hydrogen) atoms. The molecule has 202 valence electrons. The summed E-state index contributed by atoms with van der Waals surface area (Å²) in [6.45, 7) is 1.93. The minimum absolute atomic E-state index is 0.0329. The molecule has 1 saturated heterocycles. The van der Waals surface area contributed by atoms with Crippen LogP contribution in [0.5, 0.6) is 0 Å². The van der Waals surface area contributed by atoms with Crippen LogP contribution in [-0.4, -0.2) is 67.7 Å². The summed E-state index contributed by atoms with van der Waals surface area (Å²) < 4.78 is 18.7. The fourth-order valence-corrected chi connectivity index (χ4v) is 6.19. The zero-order valence-electron chi connectivity index (χ0n) is 22.5. The summed E-state index contributed by atoms with van der Waals surface area (Å²) in [5, 5.41) is 11.6. The van der Waals surface area contributed by atoms with Crippen molar-refractivity contribution in [2.24, 2.45) is 16.3 Å². The van der Waals surface area contributed by atoms with E-state index in [9.17, 15) is 4.79 Å². The molecule has 0 radical (unpaired) electrons. The monoisotopic (exact) mass is 527 g/mol. The van der Waals surface area contributed by atoms with E-state index in [4.69, 9.17) is 19.2 Å². The number of carbonyl (C=O) groups is 1. The highest BCUT2D eigenvalue weighted by atomic mass is 16.5. The van der Waals surface area contributed by atoms with Crippen LogP contribution in [0.4, 0.5) is 0 Å². The summed E-state index contributed by atoms with van der Waals surface area (Å²) in [6.07, 6.45) is 3.82. The fourth-order valence-electron chi connectivity index (χ4n) is 6.19. The first kappa shape index (κ1) is 25.5. The fraction of sp³-hybridized carbons (Fsp3) is 0.400. The number of methoxy groups -OCH3 is 2. The van der Waals surface area contributed by atoms with Crippen molar-refractivity contribution in [1.82, 2.24) is 14.6 Å². The molecular weight excluding hydrogens is 494 g/mol. The largest absolute Gasteiger partial charge is 0.465 e. The number of fused-ring (bicyclic) bond motifs is 3. The van der Waals surface area contributed by atoms with Gasteiger partial charge in [0.25, 0.3) is 0 Å². The molecule has 0 unspecified atom stereocenters. The van der Waals surface area contributed by atoms with Crippen molar-refractivity contribution >= 4 is 27.9 Å². The maximum absolute atomic E-state index is 12.6. The van der Waals surface area contributed by atoms with Gasteiger partial charge in [-0.3, -0.25) is 9.99 Å². The van der Waals surface area contributed by atoms with E-state index in [1.807, 2.05) is 42.5 Å². The van der Waals surface area contributed by atoms with Gasteiger partial charge in [-0.1, -0.05) is 35.6 Å². The lowest BCUT2D eigenvalue weighted by atomic mass is 9.86. The standard InChI is InChI=1S/C30H33N5O4/c1-34-29(24(18-37-2)32-33-34)22-16-26-27(31-17-22)23-10-9-21(30(36)38-3)15-25(23)35(26)28(19-7-5-4-6-8-19)20-11-13-39-14-12-20/h4-10,15-17,20,24,28-29H,11-14,18H2,1-3H3/t24-,28-,29+/m1/s1. The van der Waals surface area contributed by atoms with Crippen LogP contribution in [0.1, 0.15) is 46.4 Å². The van der Waals surface area contributed by atoms with Crippen LogP contribution >= 0.6 is 0 Å². The van der Waals surface area contributed by atoms with E-state index in [2.05, 4.69) is 45.2 Å². The van der Waals surface area contributed by atoms with Crippen molar-refractivity contribution in [2.75, 3.05) is 41.1 Å². The number of likely N-dealkylation sites (N-methyl/N-ethyl adjacent to an activating group) is 1. The van der Waals surface area contributed by atoms with Crippen molar-refractivity contribution < 1.29 is 19.0 Å². The maximum Gasteiger partial charge on any atom is 0.337 e. The van der Waals surface area contributed by atoms with Gasteiger partial charge >= 0.3 is 5.97 Å². The van der Waals surface area contributed by atoms with E-state index in [0.717, 1.165) is 53.6 Å². The Hall–Kier alpha value is -3.82. The zero-order chi connectivity index (χ0) is 26.9. The van der Waals surface area contributed by atoms with Gasteiger partial charge in [0.05, 0.1) is 41.9 Å². The van der Waals surface area contributed by atoms with Crippen molar-refractivity contribution in [3.63, 3.8) is 0 Å². The topological polar surface area (TPSA) is 90.5 Å². The van der Waals surface area contributed by atoms with Crippen LogP contribution in [0.25, 0.3) is 21.9 Å². The molecule has 3 atom stereocenters. The van der Waals surface area contributed by atoms with Gasteiger partial charge in [-0.15, -0.1) is 0 Å². The summed E-state index contributed by atoms with van der Waals surface area (Å²) >= 11 is 0. The third kappa shape index (κ3) is 4.55. The molecule has 2 aliphatic heterocycles. The number of nitrogens with zero attached hydrogens (tertiary/aromatic N) is 5. The Morgan fingerprint density at radius 2 is 1.87 bits per heavy atom. The van der Waals surface area contributed by atoms with Crippen molar-refractivity contribution in [3.8, 4) is 0 Å². The van der Waals surface area contributed by atoms with Gasteiger partial charge in [-0.05, 0) is 54.2 Å². The van der Waals surface area contributed by atoms with Crippen LogP contribution in [0.15, 0.2) is 71.1 Å². The van der Waals surface area contributed by atoms with Gasteiger partial charge in [0.2, 0.25) is 0 Å². The molecule has 9 heteroatoms. The number of hydrogen-bond donors (Lipinski definition) is 0. The van der Waals surface area contributed by atoms with E-state index in [1.165, 1.54) is 12.7 Å². The first-order valence-electron chi connectivity index (χ1n) is 13.4. The van der Waals surface area contributed by atoms with Crippen LogP contribution in [-0.2, 0) is 14.2 Å². The highest BCUT2D eigenvalue weighted by Gasteiger charge is 2.34. The van der Waals surface area contributed by atoms with Gasteiger partial charge < -0.3 is 18.8 Å². The lowest BCUT2D eigenvalue weighted by Gasteiger charge is -2.33. The molecule has 2 aliphatic rings. The number of rotatable bonds is 7. The number of ether oxygens (including phenoxy) is 3. The number of benzene rings is 2. The third-order valence-corrected chi connectivity index (χ3v) is 8.00. The Kier molecular flexibility index (Phi) is 7.01. The number of hydrogen-bond acceptors (Lipinski definition) is 8. The third-order valence-electron chi connectivity index (χ3n) is 8.00. The van der Waals surface area contributed by atoms with Crippen LogP contribution in [0.3, 0.4) is 0 Å². The van der Waals surface area contributed by atoms with Crippen LogP contribution in [0, 0.1) is 5.92 Å². The van der Waals surface area contributed by atoms with E-state index in [1.54, 1.807) is 7.11 Å². The Bertz CT molecular complexity index is 1510. The summed E-state index contributed by atoms with van der Waals surface area (Å²) in [4.78, 5) is 17.6. The van der Waals surface area contributed by atoms with E-state index >= 15 is 0 Å². The summed E-state index contributed by atoms with van der Waals surface area (Å²) in [5.74, 6) is -0.00586. The Balaban J connectivity index is 1.62. The molecule has 0 bridgehead atoms. The molecule has 6 rings (SSSR count). The number of pyridine rings is 1. The molecule has 2 aromatic heterocycles. The zero-order valence-corrected chi connectivity index (χ0v) is 22.5. The average Bonchev–Trinajstić information content (AvgIpc) is 3.50. The molecule has 9 nitrogen and oxygen atoms in total. The lowest BCUT2D eigenvalue weighted by molar-refractivity contribution is 0.0553.